The van der Waals surface area contributed by atoms with Gasteiger partial charge >= 0.3 is 0 Å². The Morgan fingerprint density at radius 1 is 1.29 bits per heavy atom. The second kappa shape index (κ2) is 6.93. The average molecular weight is 290 g/mol. The van der Waals surface area contributed by atoms with Crippen molar-refractivity contribution in [1.29, 1.82) is 0 Å². The lowest BCUT2D eigenvalue weighted by atomic mass is 9.82. The van der Waals surface area contributed by atoms with Gasteiger partial charge in [-0.1, -0.05) is 19.3 Å². The highest BCUT2D eigenvalue weighted by Gasteiger charge is 2.32. The zero-order valence-corrected chi connectivity index (χ0v) is 13.6. The Labute approximate surface area is 128 Å². The van der Waals surface area contributed by atoms with Gasteiger partial charge in [0.05, 0.1) is 0 Å². The predicted octanol–water partition coefficient (Wildman–Crippen LogP) is 2.21. The van der Waals surface area contributed by atoms with E-state index in [0.29, 0.717) is 6.04 Å². The van der Waals surface area contributed by atoms with Crippen LogP contribution < -0.4 is 5.32 Å². The molecule has 0 spiro atoms. The molecule has 1 N–H and O–H groups in total. The molecule has 118 valence electrons. The highest BCUT2D eigenvalue weighted by atomic mass is 15.2. The van der Waals surface area contributed by atoms with Crippen LogP contribution in [-0.2, 0) is 13.5 Å². The van der Waals surface area contributed by atoms with Crippen molar-refractivity contribution in [2.45, 2.75) is 57.5 Å². The van der Waals surface area contributed by atoms with Crippen LogP contribution in [0.4, 0.5) is 0 Å². The van der Waals surface area contributed by atoms with Crippen molar-refractivity contribution >= 4 is 0 Å². The summed E-state index contributed by atoms with van der Waals surface area (Å²) in [6.45, 7) is 5.82. The van der Waals surface area contributed by atoms with Gasteiger partial charge in [0.2, 0.25) is 0 Å². The number of nitrogens with one attached hydrogen (secondary N) is 1. The number of aromatic nitrogens is 2. The molecule has 1 aromatic heterocycles. The minimum absolute atomic E-state index is 0.617. The molecule has 1 saturated heterocycles. The van der Waals surface area contributed by atoms with E-state index in [1.54, 1.807) is 0 Å². The first-order chi connectivity index (χ1) is 10.2. The summed E-state index contributed by atoms with van der Waals surface area (Å²) >= 11 is 0. The number of nitrogens with zero attached hydrogens (tertiary/aromatic N) is 3. The quantitative estimate of drug-likeness (QED) is 0.923. The molecule has 1 aliphatic heterocycles. The Morgan fingerprint density at radius 3 is 2.81 bits per heavy atom. The van der Waals surface area contributed by atoms with Crippen LogP contribution in [0.15, 0.2) is 12.4 Å². The van der Waals surface area contributed by atoms with Crippen LogP contribution in [0, 0.1) is 5.92 Å². The normalized spacial score (nSPS) is 28.9. The maximum Gasteiger partial charge on any atom is 0.109 e. The first kappa shape index (κ1) is 15.0. The van der Waals surface area contributed by atoms with Crippen LogP contribution in [0.1, 0.15) is 44.9 Å². The van der Waals surface area contributed by atoms with E-state index >= 15 is 0 Å². The molecule has 3 rings (SSSR count). The van der Waals surface area contributed by atoms with E-state index in [9.17, 15) is 0 Å². The molecule has 1 aliphatic carbocycles. The highest BCUT2D eigenvalue weighted by Crippen LogP contribution is 2.30. The summed E-state index contributed by atoms with van der Waals surface area (Å²) in [6, 6.07) is 1.35. The van der Waals surface area contributed by atoms with Crippen LogP contribution in [-0.4, -0.2) is 46.2 Å². The first-order valence-corrected chi connectivity index (χ1v) is 8.67. The molecule has 0 amide bonds. The van der Waals surface area contributed by atoms with Crippen molar-refractivity contribution in [3.8, 4) is 0 Å². The molecule has 2 fully saturated rings. The molecule has 2 aliphatic rings. The second-order valence-electron chi connectivity index (χ2n) is 6.97. The molecule has 0 bridgehead atoms. The molecule has 0 aromatic carbocycles. The average Bonchev–Trinajstić information content (AvgIpc) is 2.91. The van der Waals surface area contributed by atoms with Crippen LogP contribution in [0.25, 0.3) is 0 Å². The summed E-state index contributed by atoms with van der Waals surface area (Å²) in [4.78, 5) is 7.22. The Bertz CT molecular complexity index is 436. The largest absolute Gasteiger partial charge is 0.338 e. The minimum Gasteiger partial charge on any atom is -0.338 e. The summed E-state index contributed by atoms with van der Waals surface area (Å²) in [6.07, 6.45) is 12.2. The SMILES string of the molecule is CC1CN(CCc2nccn2C)C(C2CCCCC2)CN1. The fourth-order valence-electron chi connectivity index (χ4n) is 4.12. The summed E-state index contributed by atoms with van der Waals surface area (Å²) in [7, 11) is 2.10. The third kappa shape index (κ3) is 3.67. The molecule has 4 nitrogen and oxygen atoms in total. The lowest BCUT2D eigenvalue weighted by molar-refractivity contribution is 0.0758. The summed E-state index contributed by atoms with van der Waals surface area (Å²) in [5.74, 6) is 2.11. The molecular weight excluding hydrogens is 260 g/mol. The number of imidazole rings is 1. The lowest BCUT2D eigenvalue weighted by Crippen LogP contribution is -2.58. The van der Waals surface area contributed by atoms with E-state index in [4.69, 9.17) is 0 Å². The van der Waals surface area contributed by atoms with E-state index in [-0.39, 0.29) is 0 Å². The molecule has 1 aromatic rings. The number of piperazine rings is 1. The van der Waals surface area contributed by atoms with E-state index < -0.39 is 0 Å². The Balaban J connectivity index is 1.62. The van der Waals surface area contributed by atoms with Gasteiger partial charge in [-0.3, -0.25) is 4.90 Å². The molecule has 4 heteroatoms. The number of hydrogen-bond acceptors (Lipinski definition) is 3. The van der Waals surface area contributed by atoms with E-state index in [2.05, 4.69) is 33.7 Å². The number of aryl methyl sites for hydroxylation is 1. The van der Waals surface area contributed by atoms with E-state index in [1.165, 1.54) is 51.0 Å². The maximum absolute atomic E-state index is 4.48. The van der Waals surface area contributed by atoms with E-state index in [1.807, 2.05) is 12.4 Å². The van der Waals surface area contributed by atoms with Crippen LogP contribution >= 0.6 is 0 Å². The Kier molecular flexibility index (Phi) is 4.96. The summed E-state index contributed by atoms with van der Waals surface area (Å²) < 4.78 is 2.15. The first-order valence-electron chi connectivity index (χ1n) is 8.67. The van der Waals surface area contributed by atoms with Crippen molar-refractivity contribution in [1.82, 2.24) is 19.8 Å². The third-order valence-electron chi connectivity index (χ3n) is 5.39. The molecule has 1 saturated carbocycles. The van der Waals surface area contributed by atoms with Gasteiger partial charge in [-0.15, -0.1) is 0 Å². The van der Waals surface area contributed by atoms with Crippen LogP contribution in [0.5, 0.6) is 0 Å². The van der Waals surface area contributed by atoms with Gasteiger partial charge in [-0.25, -0.2) is 4.98 Å². The molecule has 2 heterocycles. The summed E-state index contributed by atoms with van der Waals surface area (Å²) in [5, 5.41) is 3.70. The maximum atomic E-state index is 4.48. The Morgan fingerprint density at radius 2 is 2.10 bits per heavy atom. The van der Waals surface area contributed by atoms with Gasteiger partial charge in [0.1, 0.15) is 5.82 Å². The van der Waals surface area contributed by atoms with Crippen LogP contribution in [0.3, 0.4) is 0 Å². The van der Waals surface area contributed by atoms with Crippen molar-refractivity contribution < 1.29 is 0 Å². The van der Waals surface area contributed by atoms with Gasteiger partial charge in [-0.05, 0) is 25.7 Å². The van der Waals surface area contributed by atoms with Crippen LogP contribution in [0.2, 0.25) is 0 Å². The smallest absolute Gasteiger partial charge is 0.109 e. The summed E-state index contributed by atoms with van der Waals surface area (Å²) in [5.41, 5.74) is 0. The van der Waals surface area contributed by atoms with Crippen molar-refractivity contribution in [2.75, 3.05) is 19.6 Å². The van der Waals surface area contributed by atoms with Crippen molar-refractivity contribution in [3.05, 3.63) is 18.2 Å². The lowest BCUT2D eigenvalue weighted by Gasteiger charge is -2.44. The zero-order chi connectivity index (χ0) is 14.7. The van der Waals surface area contributed by atoms with Gasteiger partial charge in [0, 0.05) is 57.6 Å². The monoisotopic (exact) mass is 290 g/mol. The van der Waals surface area contributed by atoms with Gasteiger partial charge in [0.15, 0.2) is 0 Å². The number of hydrogen-bond donors (Lipinski definition) is 1. The molecule has 0 radical (unpaired) electrons. The van der Waals surface area contributed by atoms with Crippen molar-refractivity contribution in [3.63, 3.8) is 0 Å². The standard InChI is InChI=1S/C17H30N4/c1-14-13-21(10-8-17-18-9-11-20(17)2)16(12-19-14)15-6-4-3-5-7-15/h9,11,14-16,19H,3-8,10,12-13H2,1-2H3. The predicted molar refractivity (Wildman–Crippen MR) is 86.3 cm³/mol. The third-order valence-corrected chi connectivity index (χ3v) is 5.39. The second-order valence-corrected chi connectivity index (χ2v) is 6.97. The minimum atomic E-state index is 0.617. The molecule has 2 atom stereocenters. The topological polar surface area (TPSA) is 33.1 Å². The van der Waals surface area contributed by atoms with Gasteiger partial charge in [-0.2, -0.15) is 0 Å². The highest BCUT2D eigenvalue weighted by molar-refractivity contribution is 4.95. The van der Waals surface area contributed by atoms with Crippen molar-refractivity contribution in [2.24, 2.45) is 13.0 Å². The zero-order valence-electron chi connectivity index (χ0n) is 13.6. The van der Waals surface area contributed by atoms with Gasteiger partial charge in [0.25, 0.3) is 0 Å². The van der Waals surface area contributed by atoms with E-state index in [0.717, 1.165) is 24.9 Å². The van der Waals surface area contributed by atoms with Gasteiger partial charge < -0.3 is 9.88 Å². The molecule has 2 unspecified atom stereocenters. The fraction of sp³-hybridized carbons (Fsp3) is 0.824. The molecule has 21 heavy (non-hydrogen) atoms. The number of rotatable bonds is 4. The fourth-order valence-corrected chi connectivity index (χ4v) is 4.12. The molecular formula is C17H30N4. The Hall–Kier alpha value is -0.870.